The summed E-state index contributed by atoms with van der Waals surface area (Å²) in [5.74, 6) is -1.03. The normalized spacial score (nSPS) is 17.4. The number of carboxylic acid groups (broad SMARTS) is 1. The fourth-order valence-electron chi connectivity index (χ4n) is 11.2. The maximum atomic E-state index is 14.3. The number of aliphatic carboxylic acids is 1. The number of ether oxygens (including phenoxy) is 4. The molecular formula is C70H95F3N8O13. The van der Waals surface area contributed by atoms with Gasteiger partial charge in [-0.15, -0.1) is 0 Å². The van der Waals surface area contributed by atoms with Crippen LogP contribution in [0.5, 0.6) is 11.5 Å². The molecule has 0 fully saturated rings. The maximum absolute atomic E-state index is 14.3. The minimum absolute atomic E-state index is 0.0246. The number of nitrogens with zero attached hydrogens (tertiary/aromatic N) is 4. The van der Waals surface area contributed by atoms with Gasteiger partial charge in [0, 0.05) is 32.4 Å². The van der Waals surface area contributed by atoms with Crippen molar-refractivity contribution < 1.29 is 75.6 Å². The predicted molar refractivity (Wildman–Crippen MR) is 352 cm³/mol. The van der Waals surface area contributed by atoms with Crippen LogP contribution in [0.15, 0.2) is 119 Å². The largest absolute Gasteiger partial charge is 0.497 e. The molecule has 0 saturated carbocycles. The molecule has 4 aromatic rings. The second-order valence-electron chi connectivity index (χ2n) is 25.9. The van der Waals surface area contributed by atoms with Crippen molar-refractivity contribution in [3.05, 3.63) is 131 Å². The predicted octanol–water partition coefficient (Wildman–Crippen LogP) is 11.1. The van der Waals surface area contributed by atoms with Gasteiger partial charge < -0.3 is 40.4 Å². The van der Waals surface area contributed by atoms with Gasteiger partial charge >= 0.3 is 24.3 Å². The van der Waals surface area contributed by atoms with Gasteiger partial charge in [-0.2, -0.15) is 13.2 Å². The summed E-state index contributed by atoms with van der Waals surface area (Å²) >= 11 is 0. The van der Waals surface area contributed by atoms with Crippen LogP contribution in [0.3, 0.4) is 0 Å². The minimum Gasteiger partial charge on any atom is -0.497 e. The highest BCUT2D eigenvalue weighted by Gasteiger charge is 2.51. The number of methoxy groups -OCH3 is 4. The number of aliphatic imine (C=N–C) groups is 2. The quantitative estimate of drug-likeness (QED) is 0.0338. The zero-order valence-corrected chi connectivity index (χ0v) is 56.4. The van der Waals surface area contributed by atoms with E-state index < -0.39 is 47.5 Å². The van der Waals surface area contributed by atoms with Gasteiger partial charge in [0.15, 0.2) is 28.6 Å². The van der Waals surface area contributed by atoms with Gasteiger partial charge in [-0.3, -0.25) is 39.1 Å². The molecule has 0 bridgehead atoms. The van der Waals surface area contributed by atoms with E-state index in [2.05, 4.69) is 43.6 Å². The molecule has 4 aromatic carbocycles. The van der Waals surface area contributed by atoms with Crippen LogP contribution in [0.4, 0.5) is 22.8 Å². The first kappa shape index (κ1) is 77.6. The van der Waals surface area contributed by atoms with Crippen molar-refractivity contribution in [2.75, 3.05) is 41.5 Å². The van der Waals surface area contributed by atoms with Crippen molar-refractivity contribution in [1.82, 2.24) is 25.8 Å². The third-order valence-electron chi connectivity index (χ3n) is 15.6. The second-order valence-corrected chi connectivity index (χ2v) is 25.9. The molecule has 2 aliphatic rings. The number of amides is 5. The number of hydrogen-bond acceptors (Lipinski definition) is 15. The fourth-order valence-corrected chi connectivity index (χ4v) is 11.2. The van der Waals surface area contributed by atoms with Crippen LogP contribution >= 0.6 is 0 Å². The molecule has 6 atom stereocenters. The van der Waals surface area contributed by atoms with E-state index in [0.29, 0.717) is 76.0 Å². The lowest BCUT2D eigenvalue weighted by Crippen LogP contribution is -2.47. The molecule has 2 aliphatic heterocycles. The molecule has 21 nitrogen and oxygen atoms in total. The standard InChI is InChI=1S/C37H52N4O6.C31H42N4O5.C2HF3O2/c1-25(2)23-37(28-14-10-9-11-15-28)33(44)41(34(40-37)39-32(43)24-36(4,5)6)20-12-13-26(3)21-31(42)30(38-35(45)47-8)22-27-16-18-29(46-7)19-17-27;1-21(2)20-31(24-11-7-6-8-12-24)28(37)35(29(32)34-31)17-9-10-22(3)18-27(36)26(33-30(38)40-5)19-23-13-15-25(39-4)16-14-23;3-2(4,5)1(6)7/h9-11,14-19,25-26,30H,12-13,20-24H2,1-8H3,(H,38,45)(H,39,40,43);6-8,11-16,21-22,26H,9-10,17-20H2,1-5H3,(H2,32,34)(H,33,38);(H,6,7)/t26-,30-,37+;22-,26-,31+;/m00./s1. The number of halogens is 3. The summed E-state index contributed by atoms with van der Waals surface area (Å²) < 4.78 is 51.7. The van der Waals surface area contributed by atoms with Crippen LogP contribution in [-0.4, -0.2) is 134 Å². The number of guanidine groups is 2. The number of carbonyl (C=O) groups is 8. The third kappa shape index (κ3) is 23.6. The van der Waals surface area contributed by atoms with E-state index in [1.165, 1.54) is 14.2 Å². The van der Waals surface area contributed by atoms with Crippen LogP contribution in [-0.2, 0) is 62.2 Å². The van der Waals surface area contributed by atoms with Crippen LogP contribution in [0.2, 0.25) is 0 Å². The Hall–Kier alpha value is -8.83. The Kier molecular flexibility index (Phi) is 29.7. The number of nitrogens with two attached hydrogens (primary N) is 1. The van der Waals surface area contributed by atoms with Gasteiger partial charge in [-0.25, -0.2) is 24.4 Å². The highest BCUT2D eigenvalue weighted by atomic mass is 19.4. The minimum atomic E-state index is -5.08. The molecule has 0 aliphatic carbocycles. The fraction of sp³-hybridized carbons (Fsp3) is 0.514. The monoisotopic (exact) mass is 1310 g/mol. The molecule has 6 rings (SSSR count). The average molecular weight is 1310 g/mol. The lowest BCUT2D eigenvalue weighted by atomic mass is 9.82. The Bertz CT molecular complexity index is 3210. The first-order valence-corrected chi connectivity index (χ1v) is 31.5. The summed E-state index contributed by atoms with van der Waals surface area (Å²) in [6, 6.07) is 32.4. The van der Waals surface area contributed by atoms with Gasteiger partial charge in [0.1, 0.15) is 11.5 Å². The van der Waals surface area contributed by atoms with Crippen molar-refractivity contribution >= 4 is 59.4 Å². The smallest absolute Gasteiger partial charge is 0.490 e. The molecular weight excluding hydrogens is 1220 g/mol. The number of carbonyl (C=O) groups excluding carboxylic acids is 7. The topological polar surface area (TPSA) is 287 Å². The molecule has 0 unspecified atom stereocenters. The van der Waals surface area contributed by atoms with Gasteiger partial charge in [0.2, 0.25) is 11.9 Å². The molecule has 0 saturated heterocycles. The van der Waals surface area contributed by atoms with E-state index >= 15 is 0 Å². The average Bonchev–Trinajstić information content (AvgIpc) is 1.60. The van der Waals surface area contributed by atoms with E-state index in [1.807, 2.05) is 144 Å². The molecule has 6 N–H and O–H groups in total. The van der Waals surface area contributed by atoms with Crippen molar-refractivity contribution in [3.63, 3.8) is 0 Å². The number of ketones is 2. The number of Topliss-reactive ketones (excluding diaryl/α,β-unsaturated/α-hetero) is 2. The summed E-state index contributed by atoms with van der Waals surface area (Å²) in [5.41, 5.74) is 7.34. The molecule has 5 amide bonds. The number of hydrogen-bond donors (Lipinski definition) is 5. The Balaban J connectivity index is 0.000000367. The Morgan fingerprint density at radius 3 is 1.31 bits per heavy atom. The lowest BCUT2D eigenvalue weighted by molar-refractivity contribution is -0.192. The SMILES string of the molecule is COC(=O)N[C@@H](Cc1ccc(OC)cc1)C(=O)C[C@@H](C)CCCN1C(=O)[C@@](CC(C)C)(c2ccccc2)N=C1N.COC(=O)N[C@@H](Cc1ccc(OC)cc1)C(=O)C[C@@H](C)CCCN1C(=O)[C@@](CC(C)C)(c2ccccc2)N=C1NC(=O)CC(C)(C)C.O=C(O)C(F)(F)F. The Labute approximate surface area is 550 Å². The summed E-state index contributed by atoms with van der Waals surface area (Å²) in [6.45, 7) is 19.0. The van der Waals surface area contributed by atoms with Gasteiger partial charge in [-0.05, 0) is 127 Å². The molecule has 0 spiro atoms. The second kappa shape index (κ2) is 36.0. The number of benzene rings is 4. The number of alkyl halides is 3. The summed E-state index contributed by atoms with van der Waals surface area (Å²) in [6.07, 6.45) is -1.25. The number of nitrogens with one attached hydrogen (secondary N) is 3. The zero-order valence-electron chi connectivity index (χ0n) is 56.4. The van der Waals surface area contributed by atoms with Crippen molar-refractivity contribution in [2.45, 2.75) is 162 Å². The molecule has 0 aromatic heterocycles. The van der Waals surface area contributed by atoms with Gasteiger partial charge in [-0.1, -0.05) is 147 Å². The summed E-state index contributed by atoms with van der Waals surface area (Å²) in [4.78, 5) is 113. The third-order valence-corrected chi connectivity index (χ3v) is 15.6. The summed E-state index contributed by atoms with van der Waals surface area (Å²) in [5, 5.41) is 15.4. The van der Waals surface area contributed by atoms with E-state index in [-0.39, 0.29) is 89.6 Å². The van der Waals surface area contributed by atoms with Crippen molar-refractivity contribution in [1.29, 1.82) is 0 Å². The van der Waals surface area contributed by atoms with Gasteiger partial charge in [0.25, 0.3) is 11.8 Å². The summed E-state index contributed by atoms with van der Waals surface area (Å²) in [7, 11) is 5.72. The van der Waals surface area contributed by atoms with E-state index in [9.17, 15) is 46.7 Å². The van der Waals surface area contributed by atoms with Crippen LogP contribution < -0.4 is 31.2 Å². The Morgan fingerprint density at radius 1 is 0.585 bits per heavy atom. The lowest BCUT2D eigenvalue weighted by Gasteiger charge is -2.28. The highest BCUT2D eigenvalue weighted by Crippen LogP contribution is 2.41. The molecule has 94 heavy (non-hydrogen) atoms. The molecule has 514 valence electrons. The number of rotatable bonds is 29. The molecule has 24 heteroatoms. The van der Waals surface area contributed by atoms with Crippen LogP contribution in [0.25, 0.3) is 0 Å². The number of carboxylic acids is 1. The van der Waals surface area contributed by atoms with Crippen LogP contribution in [0.1, 0.15) is 142 Å². The van der Waals surface area contributed by atoms with Gasteiger partial charge in [0.05, 0.1) is 40.5 Å². The highest BCUT2D eigenvalue weighted by molar-refractivity contribution is 6.12. The van der Waals surface area contributed by atoms with Crippen molar-refractivity contribution in [3.8, 4) is 11.5 Å². The molecule has 0 radical (unpaired) electrons. The zero-order chi connectivity index (χ0) is 70.1. The first-order chi connectivity index (χ1) is 44.2. The van der Waals surface area contributed by atoms with Crippen LogP contribution in [0, 0.1) is 29.1 Å². The van der Waals surface area contributed by atoms with E-state index in [0.717, 1.165) is 22.3 Å². The van der Waals surface area contributed by atoms with E-state index in [1.54, 1.807) is 24.0 Å². The van der Waals surface area contributed by atoms with Crippen molar-refractivity contribution in [2.24, 2.45) is 44.8 Å². The Morgan fingerprint density at radius 2 is 0.957 bits per heavy atom. The molecule has 2 heterocycles. The maximum Gasteiger partial charge on any atom is 0.490 e. The first-order valence-electron chi connectivity index (χ1n) is 31.5. The van der Waals surface area contributed by atoms with E-state index in [4.69, 9.17) is 44.6 Å². The number of alkyl carbamates (subject to hydrolysis) is 2.